The number of benzene rings is 2. The van der Waals surface area contributed by atoms with Gasteiger partial charge in [0.15, 0.2) is 0 Å². The number of piperazine rings is 1. The second-order valence-corrected chi connectivity index (χ2v) is 6.35. The zero-order valence-electron chi connectivity index (χ0n) is 14.4. The van der Waals surface area contributed by atoms with Crippen molar-refractivity contribution in [3.63, 3.8) is 0 Å². The molecule has 1 fully saturated rings. The van der Waals surface area contributed by atoms with Crippen molar-refractivity contribution in [3.05, 3.63) is 65.7 Å². The molecule has 5 heteroatoms. The summed E-state index contributed by atoms with van der Waals surface area (Å²) in [5.74, 6) is 0.0397. The van der Waals surface area contributed by atoms with Crippen LogP contribution in [0.15, 0.2) is 54.6 Å². The van der Waals surface area contributed by atoms with E-state index in [4.69, 9.17) is 0 Å². The van der Waals surface area contributed by atoms with Gasteiger partial charge in [0.1, 0.15) is 0 Å². The van der Waals surface area contributed by atoms with Crippen molar-refractivity contribution >= 4 is 17.5 Å². The number of nitrogens with zero attached hydrogens (tertiary/aromatic N) is 2. The van der Waals surface area contributed by atoms with E-state index >= 15 is 0 Å². The van der Waals surface area contributed by atoms with Gasteiger partial charge in [0.25, 0.3) is 5.91 Å². The first-order valence-corrected chi connectivity index (χ1v) is 8.55. The van der Waals surface area contributed by atoms with Crippen LogP contribution in [-0.4, -0.2) is 54.3 Å². The molecule has 2 amide bonds. The molecule has 0 bridgehead atoms. The lowest BCUT2D eigenvalue weighted by Gasteiger charge is -2.34. The molecular weight excluding hydrogens is 314 g/mol. The number of amides is 2. The summed E-state index contributed by atoms with van der Waals surface area (Å²) in [6, 6.07) is 17.1. The minimum Gasteiger partial charge on any atom is -0.336 e. The van der Waals surface area contributed by atoms with Gasteiger partial charge in [0.05, 0.1) is 6.54 Å². The van der Waals surface area contributed by atoms with E-state index < -0.39 is 0 Å². The van der Waals surface area contributed by atoms with Crippen LogP contribution in [0.2, 0.25) is 0 Å². The molecule has 0 atom stereocenters. The van der Waals surface area contributed by atoms with Crippen LogP contribution in [0.1, 0.15) is 15.9 Å². The summed E-state index contributed by atoms with van der Waals surface area (Å²) in [7, 11) is 0. The molecule has 3 rings (SSSR count). The fourth-order valence-electron chi connectivity index (χ4n) is 3.00. The Morgan fingerprint density at radius 2 is 1.68 bits per heavy atom. The van der Waals surface area contributed by atoms with Crippen molar-refractivity contribution < 1.29 is 9.59 Å². The maximum absolute atomic E-state index is 12.4. The molecule has 0 radical (unpaired) electrons. The van der Waals surface area contributed by atoms with Gasteiger partial charge in [0.2, 0.25) is 5.91 Å². The minimum atomic E-state index is -0.0200. The van der Waals surface area contributed by atoms with E-state index in [1.807, 2.05) is 66.4 Å². The highest BCUT2D eigenvalue weighted by atomic mass is 16.2. The number of aryl methyl sites for hydroxylation is 1. The molecule has 0 aromatic heterocycles. The topological polar surface area (TPSA) is 52.7 Å². The van der Waals surface area contributed by atoms with E-state index in [0.29, 0.717) is 38.3 Å². The summed E-state index contributed by atoms with van der Waals surface area (Å²) in [5, 5.41) is 2.93. The summed E-state index contributed by atoms with van der Waals surface area (Å²) < 4.78 is 0. The van der Waals surface area contributed by atoms with Crippen molar-refractivity contribution in [1.29, 1.82) is 0 Å². The van der Waals surface area contributed by atoms with Crippen LogP contribution in [0.25, 0.3) is 0 Å². The third kappa shape index (κ3) is 4.67. The molecule has 0 spiro atoms. The molecule has 0 aliphatic carbocycles. The Balaban J connectivity index is 1.47. The van der Waals surface area contributed by atoms with E-state index in [9.17, 15) is 9.59 Å². The molecule has 1 aliphatic rings. The van der Waals surface area contributed by atoms with Gasteiger partial charge in [-0.25, -0.2) is 0 Å². The summed E-state index contributed by atoms with van der Waals surface area (Å²) >= 11 is 0. The second-order valence-electron chi connectivity index (χ2n) is 6.35. The molecule has 0 saturated carbocycles. The molecule has 2 aromatic rings. The van der Waals surface area contributed by atoms with Crippen LogP contribution < -0.4 is 5.32 Å². The fourth-order valence-corrected chi connectivity index (χ4v) is 3.00. The number of hydrogen-bond donors (Lipinski definition) is 1. The largest absolute Gasteiger partial charge is 0.336 e. The van der Waals surface area contributed by atoms with Crippen molar-refractivity contribution in [2.75, 3.05) is 38.0 Å². The fraction of sp³-hybridized carbons (Fsp3) is 0.300. The number of nitrogens with one attached hydrogen (secondary N) is 1. The number of anilines is 1. The molecule has 1 heterocycles. The lowest BCUT2D eigenvalue weighted by Crippen LogP contribution is -2.50. The third-order valence-electron chi connectivity index (χ3n) is 4.35. The average Bonchev–Trinajstić information content (AvgIpc) is 2.62. The van der Waals surface area contributed by atoms with Crippen LogP contribution in [-0.2, 0) is 4.79 Å². The molecule has 1 aliphatic heterocycles. The van der Waals surface area contributed by atoms with Gasteiger partial charge in [0, 0.05) is 37.4 Å². The van der Waals surface area contributed by atoms with Gasteiger partial charge < -0.3 is 10.2 Å². The van der Waals surface area contributed by atoms with Gasteiger partial charge in [-0.2, -0.15) is 0 Å². The van der Waals surface area contributed by atoms with Crippen molar-refractivity contribution in [2.45, 2.75) is 6.92 Å². The van der Waals surface area contributed by atoms with Gasteiger partial charge in [-0.3, -0.25) is 14.5 Å². The highest BCUT2D eigenvalue weighted by Gasteiger charge is 2.23. The molecule has 0 unspecified atom stereocenters. The zero-order chi connectivity index (χ0) is 17.6. The van der Waals surface area contributed by atoms with Crippen LogP contribution in [0, 0.1) is 6.92 Å². The van der Waals surface area contributed by atoms with E-state index in [1.54, 1.807) is 0 Å². The normalized spacial score (nSPS) is 15.0. The number of hydrogen-bond acceptors (Lipinski definition) is 3. The lowest BCUT2D eigenvalue weighted by atomic mass is 10.2. The Morgan fingerprint density at radius 1 is 0.960 bits per heavy atom. The maximum Gasteiger partial charge on any atom is 0.253 e. The van der Waals surface area contributed by atoms with Gasteiger partial charge in [-0.05, 0) is 36.8 Å². The second kappa shape index (κ2) is 7.94. The van der Waals surface area contributed by atoms with Crippen molar-refractivity contribution in [2.24, 2.45) is 0 Å². The van der Waals surface area contributed by atoms with E-state index in [0.717, 1.165) is 11.3 Å². The summed E-state index contributed by atoms with van der Waals surface area (Å²) in [6.07, 6.45) is 0. The summed E-state index contributed by atoms with van der Waals surface area (Å²) in [5.41, 5.74) is 2.65. The smallest absolute Gasteiger partial charge is 0.253 e. The molecule has 130 valence electrons. The van der Waals surface area contributed by atoms with Gasteiger partial charge >= 0.3 is 0 Å². The Bertz CT molecular complexity index is 738. The third-order valence-corrected chi connectivity index (χ3v) is 4.35. The van der Waals surface area contributed by atoms with Crippen LogP contribution in [0.4, 0.5) is 5.69 Å². The van der Waals surface area contributed by atoms with Crippen LogP contribution in [0.3, 0.4) is 0 Å². The van der Waals surface area contributed by atoms with Crippen molar-refractivity contribution in [3.8, 4) is 0 Å². The van der Waals surface area contributed by atoms with Crippen molar-refractivity contribution in [1.82, 2.24) is 9.80 Å². The minimum absolute atomic E-state index is 0.0200. The molecule has 1 saturated heterocycles. The molecule has 2 aromatic carbocycles. The number of carbonyl (C=O) groups excluding carboxylic acids is 2. The van der Waals surface area contributed by atoms with E-state index in [1.165, 1.54) is 0 Å². The van der Waals surface area contributed by atoms with Gasteiger partial charge in [-0.1, -0.05) is 30.3 Å². The predicted octanol–water partition coefficient (Wildman–Crippen LogP) is 2.39. The highest BCUT2D eigenvalue weighted by Crippen LogP contribution is 2.11. The maximum atomic E-state index is 12.4. The predicted molar refractivity (Wildman–Crippen MR) is 98.6 cm³/mol. The number of rotatable bonds is 4. The quantitative estimate of drug-likeness (QED) is 0.932. The SMILES string of the molecule is Cc1cccc(NC(=O)CN2CCN(C(=O)c3ccccc3)CC2)c1. The average molecular weight is 337 g/mol. The van der Waals surface area contributed by atoms with E-state index in [2.05, 4.69) is 10.2 Å². The summed E-state index contributed by atoms with van der Waals surface area (Å²) in [6.45, 7) is 5.05. The van der Waals surface area contributed by atoms with Crippen LogP contribution in [0.5, 0.6) is 0 Å². The van der Waals surface area contributed by atoms with Gasteiger partial charge in [-0.15, -0.1) is 0 Å². The Kier molecular flexibility index (Phi) is 5.46. The monoisotopic (exact) mass is 337 g/mol. The first kappa shape index (κ1) is 17.2. The van der Waals surface area contributed by atoms with E-state index in [-0.39, 0.29) is 11.8 Å². The Morgan fingerprint density at radius 3 is 2.36 bits per heavy atom. The standard InChI is InChI=1S/C20H23N3O2/c1-16-6-5-9-18(14-16)21-19(24)15-22-10-12-23(13-11-22)20(25)17-7-3-2-4-8-17/h2-9,14H,10-13,15H2,1H3,(H,21,24). The van der Waals surface area contributed by atoms with Crippen LogP contribution >= 0.6 is 0 Å². The molecule has 25 heavy (non-hydrogen) atoms. The molecule has 1 N–H and O–H groups in total. The zero-order valence-corrected chi connectivity index (χ0v) is 14.4. The Labute approximate surface area is 148 Å². The lowest BCUT2D eigenvalue weighted by molar-refractivity contribution is -0.117. The highest BCUT2D eigenvalue weighted by molar-refractivity contribution is 5.94. The Hall–Kier alpha value is -2.66. The first-order valence-electron chi connectivity index (χ1n) is 8.55. The first-order chi connectivity index (χ1) is 12.1. The number of carbonyl (C=O) groups is 2. The molecular formula is C20H23N3O2. The molecule has 5 nitrogen and oxygen atoms in total. The summed E-state index contributed by atoms with van der Waals surface area (Å²) in [4.78, 5) is 28.6.